The molecule has 0 fully saturated rings. The van der Waals surface area contributed by atoms with Gasteiger partial charge in [-0.05, 0) is 42.0 Å². The maximum Gasteiger partial charge on any atom is 0.586 e. The van der Waals surface area contributed by atoms with E-state index in [-0.39, 0.29) is 22.9 Å². The number of aromatic nitrogens is 1. The molecule has 1 amide bonds. The minimum Gasteiger partial charge on any atom is -0.464 e. The predicted octanol–water partition coefficient (Wildman–Crippen LogP) is 4.05. The zero-order valence-corrected chi connectivity index (χ0v) is 16.7. The minimum atomic E-state index is -3.73. The number of hydrogen-bond donors (Lipinski definition) is 2. The molecular weight excluding hydrogens is 424 g/mol. The summed E-state index contributed by atoms with van der Waals surface area (Å²) >= 11 is 0. The van der Waals surface area contributed by atoms with E-state index in [4.69, 9.17) is 0 Å². The average molecular weight is 441 g/mol. The summed E-state index contributed by atoms with van der Waals surface area (Å²) in [5.74, 6) is -1.28. The number of ether oxygens (including phenoxy) is 3. The van der Waals surface area contributed by atoms with E-state index in [9.17, 15) is 18.4 Å². The van der Waals surface area contributed by atoms with Gasteiger partial charge in [-0.2, -0.15) is 0 Å². The van der Waals surface area contributed by atoms with Gasteiger partial charge in [-0.1, -0.05) is 12.1 Å². The van der Waals surface area contributed by atoms with Crippen LogP contribution in [-0.2, 0) is 11.3 Å². The van der Waals surface area contributed by atoms with Crippen LogP contribution in [0.4, 0.5) is 20.2 Å². The number of carbonyl (C=O) groups is 2. The van der Waals surface area contributed by atoms with Crippen LogP contribution in [0.5, 0.6) is 11.5 Å². The van der Waals surface area contributed by atoms with Crippen molar-refractivity contribution in [3.8, 4) is 11.5 Å². The van der Waals surface area contributed by atoms with Crippen LogP contribution >= 0.6 is 0 Å². The van der Waals surface area contributed by atoms with Crippen molar-refractivity contribution in [2.45, 2.75) is 12.8 Å². The lowest BCUT2D eigenvalue weighted by molar-refractivity contribution is -0.286. The highest BCUT2D eigenvalue weighted by molar-refractivity contribution is 6.08. The first-order chi connectivity index (χ1) is 15.3. The van der Waals surface area contributed by atoms with Crippen LogP contribution in [0.3, 0.4) is 0 Å². The number of esters is 1. The minimum absolute atomic E-state index is 0.112. The Balaban J connectivity index is 1.47. The number of fused-ring (bicyclic) bond motifs is 1. The molecule has 0 aliphatic carbocycles. The van der Waals surface area contributed by atoms with Gasteiger partial charge in [-0.25, -0.2) is 9.78 Å². The lowest BCUT2D eigenvalue weighted by atomic mass is 10.1. The average Bonchev–Trinajstić information content (AvgIpc) is 3.10. The van der Waals surface area contributed by atoms with E-state index in [0.29, 0.717) is 17.8 Å². The van der Waals surface area contributed by atoms with Gasteiger partial charge in [0.25, 0.3) is 5.91 Å². The van der Waals surface area contributed by atoms with Crippen LogP contribution in [0.1, 0.15) is 26.4 Å². The van der Waals surface area contributed by atoms with E-state index in [0.717, 1.165) is 5.56 Å². The third kappa shape index (κ3) is 4.59. The second kappa shape index (κ2) is 8.50. The summed E-state index contributed by atoms with van der Waals surface area (Å²) in [6.07, 6.45) is -2.24. The zero-order chi connectivity index (χ0) is 22.7. The first-order valence-electron chi connectivity index (χ1n) is 9.42. The molecule has 1 aromatic heterocycles. The molecule has 0 saturated carbocycles. The molecule has 0 bridgehead atoms. The molecule has 164 valence electrons. The maximum absolute atomic E-state index is 13.2. The number of nitrogens with zero attached hydrogens (tertiary/aromatic N) is 1. The predicted molar refractivity (Wildman–Crippen MR) is 110 cm³/mol. The Hall–Kier alpha value is -4.21. The number of benzene rings is 2. The lowest BCUT2D eigenvalue weighted by Crippen LogP contribution is -2.25. The quantitative estimate of drug-likeness (QED) is 0.557. The van der Waals surface area contributed by atoms with Gasteiger partial charge in [0.1, 0.15) is 5.69 Å². The van der Waals surface area contributed by atoms with Gasteiger partial charge in [-0.15, -0.1) is 8.78 Å². The Labute approximate surface area is 181 Å². The van der Waals surface area contributed by atoms with E-state index in [1.807, 2.05) is 0 Å². The van der Waals surface area contributed by atoms with Crippen molar-refractivity contribution in [1.82, 2.24) is 4.98 Å². The van der Waals surface area contributed by atoms with Crippen LogP contribution in [0.2, 0.25) is 0 Å². The zero-order valence-electron chi connectivity index (χ0n) is 16.7. The maximum atomic E-state index is 13.2. The van der Waals surface area contributed by atoms with E-state index >= 15 is 0 Å². The van der Waals surface area contributed by atoms with E-state index < -0.39 is 18.2 Å². The fraction of sp³-hybridized carbons (Fsp3) is 0.136. The summed E-state index contributed by atoms with van der Waals surface area (Å²) < 4.78 is 39.8. The Morgan fingerprint density at radius 1 is 1.06 bits per heavy atom. The molecule has 2 heterocycles. The molecule has 1 aliphatic heterocycles. The highest BCUT2D eigenvalue weighted by Gasteiger charge is 2.43. The van der Waals surface area contributed by atoms with Gasteiger partial charge >= 0.3 is 12.3 Å². The van der Waals surface area contributed by atoms with Gasteiger partial charge in [0, 0.05) is 30.2 Å². The van der Waals surface area contributed by atoms with Gasteiger partial charge in [0.2, 0.25) is 0 Å². The molecule has 4 rings (SSSR count). The molecule has 2 aromatic carbocycles. The summed E-state index contributed by atoms with van der Waals surface area (Å²) in [5, 5.41) is 5.80. The van der Waals surface area contributed by atoms with Crippen LogP contribution in [-0.4, -0.2) is 30.3 Å². The van der Waals surface area contributed by atoms with Crippen molar-refractivity contribution >= 4 is 23.3 Å². The van der Waals surface area contributed by atoms with Gasteiger partial charge in [-0.3, -0.25) is 4.79 Å². The van der Waals surface area contributed by atoms with E-state index in [2.05, 4.69) is 29.8 Å². The SMILES string of the molecule is COC(=O)c1cc(CNc2ccccc2C(=O)Nc2ccc3c(c2)OC(F)(F)O3)ccn1. The number of methoxy groups -OCH3 is 1. The number of halogens is 2. The second-order valence-corrected chi connectivity index (χ2v) is 6.72. The summed E-state index contributed by atoms with van der Waals surface area (Å²) in [7, 11) is 1.27. The van der Waals surface area contributed by atoms with Crippen LogP contribution in [0, 0.1) is 0 Å². The van der Waals surface area contributed by atoms with Crippen molar-refractivity contribution in [3.05, 3.63) is 77.6 Å². The molecule has 2 N–H and O–H groups in total. The molecule has 0 unspecified atom stereocenters. The fourth-order valence-electron chi connectivity index (χ4n) is 3.06. The number of para-hydroxylation sites is 1. The number of nitrogens with one attached hydrogen (secondary N) is 2. The molecule has 0 atom stereocenters. The van der Waals surface area contributed by atoms with Crippen molar-refractivity contribution in [2.75, 3.05) is 17.7 Å². The Morgan fingerprint density at radius 2 is 1.84 bits per heavy atom. The Bertz CT molecular complexity index is 1190. The topological polar surface area (TPSA) is 98.8 Å². The summed E-state index contributed by atoms with van der Waals surface area (Å²) in [6.45, 7) is 0.315. The monoisotopic (exact) mass is 441 g/mol. The fourth-order valence-corrected chi connectivity index (χ4v) is 3.06. The second-order valence-electron chi connectivity index (χ2n) is 6.72. The van der Waals surface area contributed by atoms with Crippen molar-refractivity contribution in [2.24, 2.45) is 0 Å². The molecule has 3 aromatic rings. The van der Waals surface area contributed by atoms with Crippen LogP contribution in [0.25, 0.3) is 0 Å². The number of amides is 1. The molecule has 1 aliphatic rings. The number of rotatable bonds is 6. The number of anilines is 2. The van der Waals surface area contributed by atoms with Crippen molar-refractivity contribution < 1.29 is 32.6 Å². The summed E-state index contributed by atoms with van der Waals surface area (Å²) in [5.41, 5.74) is 2.06. The van der Waals surface area contributed by atoms with Gasteiger partial charge < -0.3 is 24.8 Å². The standard InChI is InChI=1S/C22H17F2N3O5/c1-30-21(29)17-10-13(8-9-25-17)12-26-16-5-3-2-4-15(16)20(28)27-14-6-7-18-19(11-14)32-22(23,24)31-18/h2-11,26H,12H2,1H3,(H,27,28). The molecule has 0 saturated heterocycles. The first-order valence-corrected chi connectivity index (χ1v) is 9.42. The third-order valence-corrected chi connectivity index (χ3v) is 4.53. The molecule has 8 nitrogen and oxygen atoms in total. The van der Waals surface area contributed by atoms with Crippen molar-refractivity contribution in [3.63, 3.8) is 0 Å². The highest BCUT2D eigenvalue weighted by atomic mass is 19.3. The Kier molecular flexibility index (Phi) is 5.59. The van der Waals surface area contributed by atoms with Crippen LogP contribution < -0.4 is 20.1 Å². The number of hydrogen-bond acceptors (Lipinski definition) is 7. The van der Waals surface area contributed by atoms with Gasteiger partial charge in [0.15, 0.2) is 11.5 Å². The Morgan fingerprint density at radius 3 is 2.66 bits per heavy atom. The molecule has 10 heteroatoms. The first kappa shape index (κ1) is 21.0. The summed E-state index contributed by atoms with van der Waals surface area (Å²) in [6, 6.07) is 14.1. The highest BCUT2D eigenvalue weighted by Crippen LogP contribution is 2.42. The smallest absolute Gasteiger partial charge is 0.464 e. The lowest BCUT2D eigenvalue weighted by Gasteiger charge is -2.13. The van der Waals surface area contributed by atoms with E-state index in [1.54, 1.807) is 36.4 Å². The van der Waals surface area contributed by atoms with Gasteiger partial charge in [0.05, 0.1) is 12.7 Å². The third-order valence-electron chi connectivity index (χ3n) is 4.53. The number of pyridine rings is 1. The van der Waals surface area contributed by atoms with Crippen molar-refractivity contribution in [1.29, 1.82) is 0 Å². The molecule has 0 radical (unpaired) electrons. The summed E-state index contributed by atoms with van der Waals surface area (Å²) in [4.78, 5) is 28.4. The van der Waals surface area contributed by atoms with E-state index in [1.165, 1.54) is 31.5 Å². The molecule has 32 heavy (non-hydrogen) atoms. The number of carbonyl (C=O) groups excluding carboxylic acids is 2. The molecular formula is C22H17F2N3O5. The largest absolute Gasteiger partial charge is 0.586 e. The normalized spacial score (nSPS) is 13.3. The molecule has 0 spiro atoms. The van der Waals surface area contributed by atoms with Crippen LogP contribution in [0.15, 0.2) is 60.8 Å². The number of alkyl halides is 2.